The fraction of sp³-hybridized carbons (Fsp3) is 0.500. The first-order valence-corrected chi connectivity index (χ1v) is 6.28. The van der Waals surface area contributed by atoms with Gasteiger partial charge in [0, 0.05) is 12.1 Å². The minimum absolute atomic E-state index is 0.104. The second-order valence-corrected chi connectivity index (χ2v) is 5.45. The van der Waals surface area contributed by atoms with E-state index in [1.165, 1.54) is 0 Å². The molecule has 0 bridgehead atoms. The van der Waals surface area contributed by atoms with Gasteiger partial charge in [-0.1, -0.05) is 13.8 Å². The molecule has 0 heterocycles. The Balaban J connectivity index is 2.05. The number of amides is 1. The van der Waals surface area contributed by atoms with Gasteiger partial charge in [-0.2, -0.15) is 0 Å². The number of carbonyl (C=O) groups is 1. The highest BCUT2D eigenvalue weighted by Crippen LogP contribution is 2.51. The lowest BCUT2D eigenvalue weighted by molar-refractivity contribution is 0.0938. The number of benzene rings is 1. The molecule has 1 fully saturated rings. The van der Waals surface area contributed by atoms with Crippen molar-refractivity contribution in [3.63, 3.8) is 0 Å². The minimum Gasteiger partial charge on any atom is -0.351 e. The lowest BCUT2D eigenvalue weighted by atomic mass is 9.92. The lowest BCUT2D eigenvalue weighted by Gasteiger charge is -2.20. The second kappa shape index (κ2) is 4.87. The fourth-order valence-corrected chi connectivity index (χ4v) is 2.16. The molecule has 19 heavy (non-hydrogen) atoms. The smallest absolute Gasteiger partial charge is 0.251 e. The first-order chi connectivity index (χ1) is 8.85. The largest absolute Gasteiger partial charge is 0.351 e. The summed E-state index contributed by atoms with van der Waals surface area (Å²) in [5.74, 6) is -4.40. The summed E-state index contributed by atoms with van der Waals surface area (Å²) >= 11 is 0. The van der Waals surface area contributed by atoms with E-state index in [9.17, 15) is 18.0 Å². The van der Waals surface area contributed by atoms with Crippen LogP contribution in [0.1, 0.15) is 37.0 Å². The van der Waals surface area contributed by atoms with Crippen LogP contribution in [0.25, 0.3) is 0 Å². The van der Waals surface area contributed by atoms with Gasteiger partial charge in [-0.05, 0) is 36.3 Å². The van der Waals surface area contributed by atoms with Crippen LogP contribution in [-0.4, -0.2) is 12.5 Å². The molecule has 0 aromatic heterocycles. The molecular formula is C14H16F3NO. The Bertz CT molecular complexity index is 486. The van der Waals surface area contributed by atoms with E-state index in [0.717, 1.165) is 12.8 Å². The van der Waals surface area contributed by atoms with Gasteiger partial charge in [0.2, 0.25) is 0 Å². The molecule has 0 radical (unpaired) electrons. The molecule has 1 N–H and O–H groups in total. The zero-order chi connectivity index (χ0) is 14.2. The van der Waals surface area contributed by atoms with Gasteiger partial charge in [0.05, 0.1) is 0 Å². The average molecular weight is 271 g/mol. The molecule has 1 aliphatic rings. The summed E-state index contributed by atoms with van der Waals surface area (Å²) in [4.78, 5) is 11.8. The van der Waals surface area contributed by atoms with Crippen molar-refractivity contribution in [3.8, 4) is 0 Å². The number of carbonyl (C=O) groups excluding carboxylic acids is 1. The zero-order valence-corrected chi connectivity index (χ0v) is 10.9. The molecule has 0 unspecified atom stereocenters. The molecule has 2 rings (SSSR count). The Morgan fingerprint density at radius 1 is 1.26 bits per heavy atom. The van der Waals surface area contributed by atoms with Crippen LogP contribution >= 0.6 is 0 Å². The molecular weight excluding hydrogens is 255 g/mol. The monoisotopic (exact) mass is 271 g/mol. The summed E-state index contributed by atoms with van der Waals surface area (Å²) in [6.45, 7) is 4.64. The Morgan fingerprint density at radius 2 is 1.79 bits per heavy atom. The fourth-order valence-electron chi connectivity index (χ4n) is 2.16. The van der Waals surface area contributed by atoms with Crippen molar-refractivity contribution >= 4 is 5.91 Å². The molecule has 0 saturated heterocycles. The summed E-state index contributed by atoms with van der Waals surface area (Å²) in [5, 5.41) is 2.66. The van der Waals surface area contributed by atoms with Crippen LogP contribution in [-0.2, 0) is 0 Å². The van der Waals surface area contributed by atoms with Crippen molar-refractivity contribution in [3.05, 3.63) is 35.1 Å². The summed E-state index contributed by atoms with van der Waals surface area (Å²) in [6, 6.07) is 1.42. The highest BCUT2D eigenvalue weighted by molar-refractivity contribution is 5.94. The van der Waals surface area contributed by atoms with Crippen molar-refractivity contribution in [1.29, 1.82) is 0 Å². The van der Waals surface area contributed by atoms with Crippen LogP contribution in [0.3, 0.4) is 0 Å². The summed E-state index contributed by atoms with van der Waals surface area (Å²) < 4.78 is 38.8. The van der Waals surface area contributed by atoms with E-state index < -0.39 is 23.4 Å². The van der Waals surface area contributed by atoms with Crippen molar-refractivity contribution in [2.45, 2.75) is 26.7 Å². The maximum atomic E-state index is 13.0. The van der Waals surface area contributed by atoms with Crippen LogP contribution in [0.4, 0.5) is 13.2 Å². The number of hydrogen-bond acceptors (Lipinski definition) is 1. The van der Waals surface area contributed by atoms with Crippen molar-refractivity contribution in [2.24, 2.45) is 11.3 Å². The van der Waals surface area contributed by atoms with Gasteiger partial charge in [-0.15, -0.1) is 0 Å². The highest BCUT2D eigenvalue weighted by Gasteiger charge is 2.45. The topological polar surface area (TPSA) is 29.1 Å². The van der Waals surface area contributed by atoms with Crippen LogP contribution < -0.4 is 5.32 Å². The lowest BCUT2D eigenvalue weighted by Crippen LogP contribution is -2.32. The molecule has 0 spiro atoms. The van der Waals surface area contributed by atoms with E-state index in [1.807, 2.05) is 0 Å². The molecule has 104 valence electrons. The predicted octanol–water partition coefficient (Wildman–Crippen LogP) is 3.27. The maximum absolute atomic E-state index is 13.0. The Labute approximate surface area is 110 Å². The quantitative estimate of drug-likeness (QED) is 0.837. The van der Waals surface area contributed by atoms with Gasteiger partial charge in [0.1, 0.15) is 0 Å². The van der Waals surface area contributed by atoms with Crippen LogP contribution in [0.2, 0.25) is 0 Å². The molecule has 0 aliphatic heterocycles. The molecule has 1 amide bonds. The number of hydrogen-bond donors (Lipinski definition) is 1. The Kier molecular flexibility index (Phi) is 3.56. The van der Waals surface area contributed by atoms with Crippen molar-refractivity contribution < 1.29 is 18.0 Å². The second-order valence-electron chi connectivity index (χ2n) is 5.45. The molecule has 5 heteroatoms. The first kappa shape index (κ1) is 13.9. The van der Waals surface area contributed by atoms with E-state index in [1.54, 1.807) is 0 Å². The number of nitrogens with one attached hydrogen (secondary N) is 1. The summed E-state index contributed by atoms with van der Waals surface area (Å²) in [5.41, 5.74) is -0.0942. The number of halogens is 3. The SMILES string of the molecule is CC(C)C1(CNC(=O)c2cc(F)c(F)c(F)c2)CC1. The first-order valence-electron chi connectivity index (χ1n) is 6.28. The van der Waals surface area contributed by atoms with Crippen molar-refractivity contribution in [2.75, 3.05) is 6.54 Å². The average Bonchev–Trinajstić information content (AvgIpc) is 3.13. The van der Waals surface area contributed by atoms with E-state index in [0.29, 0.717) is 24.6 Å². The van der Waals surface area contributed by atoms with Gasteiger partial charge in [-0.3, -0.25) is 4.79 Å². The van der Waals surface area contributed by atoms with E-state index in [2.05, 4.69) is 19.2 Å². The summed E-state index contributed by atoms with van der Waals surface area (Å²) in [6.07, 6.45) is 2.08. The zero-order valence-electron chi connectivity index (χ0n) is 10.9. The normalized spacial score (nSPS) is 16.5. The van der Waals surface area contributed by atoms with Crippen molar-refractivity contribution in [1.82, 2.24) is 5.32 Å². The highest BCUT2D eigenvalue weighted by atomic mass is 19.2. The summed E-state index contributed by atoms with van der Waals surface area (Å²) in [7, 11) is 0. The maximum Gasteiger partial charge on any atom is 0.251 e. The Hall–Kier alpha value is -1.52. The van der Waals surface area contributed by atoms with Crippen LogP contribution in [0.5, 0.6) is 0 Å². The van der Waals surface area contributed by atoms with Crippen LogP contribution in [0, 0.1) is 28.8 Å². The van der Waals surface area contributed by atoms with Crippen LogP contribution in [0.15, 0.2) is 12.1 Å². The molecule has 1 aromatic carbocycles. The predicted molar refractivity (Wildman–Crippen MR) is 65.2 cm³/mol. The third kappa shape index (κ3) is 2.74. The van der Waals surface area contributed by atoms with Gasteiger partial charge in [0.15, 0.2) is 17.5 Å². The molecule has 2 nitrogen and oxygen atoms in total. The van der Waals surface area contributed by atoms with Gasteiger partial charge in [-0.25, -0.2) is 13.2 Å². The molecule has 1 aromatic rings. The molecule has 1 saturated carbocycles. The minimum atomic E-state index is -1.56. The Morgan fingerprint density at radius 3 is 2.21 bits per heavy atom. The van der Waals surface area contributed by atoms with E-state index >= 15 is 0 Å². The van der Waals surface area contributed by atoms with Gasteiger partial charge < -0.3 is 5.32 Å². The third-order valence-corrected chi connectivity index (χ3v) is 3.96. The molecule has 1 aliphatic carbocycles. The van der Waals surface area contributed by atoms with E-state index in [-0.39, 0.29) is 11.0 Å². The van der Waals surface area contributed by atoms with E-state index in [4.69, 9.17) is 0 Å². The standard InChI is InChI=1S/C14H16F3NO/c1-8(2)14(3-4-14)7-18-13(19)9-5-10(15)12(17)11(16)6-9/h5-6,8H,3-4,7H2,1-2H3,(H,18,19). The third-order valence-electron chi connectivity index (χ3n) is 3.96. The number of rotatable bonds is 4. The molecule has 0 atom stereocenters. The van der Waals surface area contributed by atoms with Gasteiger partial charge >= 0.3 is 0 Å². The van der Waals surface area contributed by atoms with Gasteiger partial charge in [0.25, 0.3) is 5.91 Å².